The first-order valence-corrected chi connectivity index (χ1v) is 8.35. The van der Waals surface area contributed by atoms with Crippen LogP contribution in [0.1, 0.15) is 10.4 Å². The van der Waals surface area contributed by atoms with Crippen LogP contribution >= 0.6 is 34.7 Å². The first-order chi connectivity index (χ1) is 10.2. The third-order valence-corrected chi connectivity index (χ3v) is 4.75. The molecule has 0 spiro atoms. The lowest BCUT2D eigenvalue weighted by Crippen LogP contribution is -2.06. The highest BCUT2D eigenvalue weighted by Crippen LogP contribution is 2.26. The topological polar surface area (TPSA) is 64.1 Å². The maximum absolute atomic E-state index is 12.0. The number of hydrogen-bond donors (Lipinski definition) is 1. The van der Waals surface area contributed by atoms with E-state index in [4.69, 9.17) is 16.3 Å². The third kappa shape index (κ3) is 5.28. The van der Waals surface area contributed by atoms with Crippen molar-refractivity contribution in [2.75, 3.05) is 31.3 Å². The number of nitrogens with one attached hydrogen (secondary N) is 1. The van der Waals surface area contributed by atoms with E-state index in [1.807, 2.05) is 0 Å². The number of carbonyl (C=O) groups excluding carboxylic acids is 1. The van der Waals surface area contributed by atoms with Crippen molar-refractivity contribution < 1.29 is 9.53 Å². The van der Waals surface area contributed by atoms with Crippen molar-refractivity contribution in [3.8, 4) is 0 Å². The summed E-state index contributed by atoms with van der Waals surface area (Å²) in [6, 6.07) is 6.87. The average Bonchev–Trinajstić information content (AvgIpc) is 2.94. The lowest BCUT2D eigenvalue weighted by atomic mass is 10.1. The van der Waals surface area contributed by atoms with Crippen molar-refractivity contribution in [3.63, 3.8) is 0 Å². The number of Topliss-reactive ketones (excluding diaryl/α,β-unsaturated/α-hetero) is 1. The number of benzene rings is 1. The van der Waals surface area contributed by atoms with Crippen molar-refractivity contribution >= 4 is 45.6 Å². The predicted molar refractivity (Wildman–Crippen MR) is 86.8 cm³/mol. The zero-order valence-electron chi connectivity index (χ0n) is 11.3. The van der Waals surface area contributed by atoms with E-state index in [1.54, 1.807) is 31.4 Å². The molecule has 0 fully saturated rings. The van der Waals surface area contributed by atoms with Crippen LogP contribution in [-0.4, -0.2) is 42.0 Å². The van der Waals surface area contributed by atoms with Crippen molar-refractivity contribution in [1.82, 2.24) is 10.2 Å². The number of carbonyl (C=O) groups is 1. The molecule has 0 saturated carbocycles. The van der Waals surface area contributed by atoms with Gasteiger partial charge in [-0.2, -0.15) is 0 Å². The van der Waals surface area contributed by atoms with Crippen LogP contribution in [0, 0.1) is 0 Å². The van der Waals surface area contributed by atoms with Crippen molar-refractivity contribution in [1.29, 1.82) is 0 Å². The Morgan fingerprint density at radius 1 is 1.38 bits per heavy atom. The molecule has 1 aromatic heterocycles. The van der Waals surface area contributed by atoms with E-state index in [0.717, 1.165) is 9.47 Å². The van der Waals surface area contributed by atoms with E-state index >= 15 is 0 Å². The lowest BCUT2D eigenvalue weighted by molar-refractivity contribution is 0.102. The van der Waals surface area contributed by atoms with Gasteiger partial charge < -0.3 is 10.1 Å². The predicted octanol–water partition coefficient (Wildman–Crippen LogP) is 3.22. The van der Waals surface area contributed by atoms with Crippen LogP contribution in [0.3, 0.4) is 0 Å². The second-order valence-electron chi connectivity index (χ2n) is 4.01. The molecule has 0 aliphatic heterocycles. The van der Waals surface area contributed by atoms with Gasteiger partial charge in [0, 0.05) is 24.2 Å². The van der Waals surface area contributed by atoms with Crippen LogP contribution in [-0.2, 0) is 4.74 Å². The van der Waals surface area contributed by atoms with Gasteiger partial charge in [0.25, 0.3) is 0 Å². The van der Waals surface area contributed by atoms with Gasteiger partial charge in [-0.25, -0.2) is 0 Å². The number of nitrogens with zero attached hydrogens (tertiary/aromatic N) is 2. The Hall–Kier alpha value is -1.15. The van der Waals surface area contributed by atoms with Crippen LogP contribution in [0.2, 0.25) is 5.02 Å². The van der Waals surface area contributed by atoms with E-state index in [9.17, 15) is 4.79 Å². The van der Waals surface area contributed by atoms with Crippen LogP contribution < -0.4 is 5.32 Å². The van der Waals surface area contributed by atoms with E-state index in [2.05, 4.69) is 15.5 Å². The smallest absolute Gasteiger partial charge is 0.206 e. The molecule has 0 bridgehead atoms. The number of rotatable bonds is 8. The number of aromatic nitrogens is 2. The van der Waals surface area contributed by atoms with Gasteiger partial charge in [-0.15, -0.1) is 10.2 Å². The monoisotopic (exact) mass is 343 g/mol. The van der Waals surface area contributed by atoms with Crippen LogP contribution in [0.4, 0.5) is 5.13 Å². The molecular formula is C13H14ClN3O2S2. The Bertz CT molecular complexity index is 589. The Morgan fingerprint density at radius 2 is 2.14 bits per heavy atom. The fourth-order valence-corrected chi connectivity index (χ4v) is 3.24. The quantitative estimate of drug-likeness (QED) is 0.451. The molecule has 21 heavy (non-hydrogen) atoms. The molecule has 2 aromatic rings. The van der Waals surface area contributed by atoms with Gasteiger partial charge >= 0.3 is 0 Å². The third-order valence-electron chi connectivity index (χ3n) is 2.48. The highest BCUT2D eigenvalue weighted by molar-refractivity contribution is 8.01. The number of halogens is 1. The fourth-order valence-electron chi connectivity index (χ4n) is 1.45. The van der Waals surface area contributed by atoms with Crippen molar-refractivity contribution in [3.05, 3.63) is 34.9 Å². The van der Waals surface area contributed by atoms with Gasteiger partial charge in [0.2, 0.25) is 5.13 Å². The summed E-state index contributed by atoms with van der Waals surface area (Å²) >= 11 is 8.60. The van der Waals surface area contributed by atoms with Crippen LogP contribution in [0.15, 0.2) is 28.6 Å². The average molecular weight is 344 g/mol. The normalized spacial score (nSPS) is 10.6. The minimum absolute atomic E-state index is 0.0424. The van der Waals surface area contributed by atoms with Crippen LogP contribution in [0.25, 0.3) is 0 Å². The second kappa shape index (κ2) is 8.33. The molecule has 1 aromatic carbocycles. The van der Waals surface area contributed by atoms with Gasteiger partial charge in [0.15, 0.2) is 10.1 Å². The molecule has 0 atom stereocenters. The lowest BCUT2D eigenvalue weighted by Gasteiger charge is -1.99. The van der Waals surface area contributed by atoms with Gasteiger partial charge in [-0.3, -0.25) is 4.79 Å². The first-order valence-electron chi connectivity index (χ1n) is 6.17. The Labute approximate surface area is 136 Å². The molecule has 0 amide bonds. The number of anilines is 1. The van der Waals surface area contributed by atoms with E-state index < -0.39 is 0 Å². The molecule has 0 aliphatic carbocycles. The molecular weight excluding hydrogens is 330 g/mol. The summed E-state index contributed by atoms with van der Waals surface area (Å²) in [5, 5.41) is 12.5. The first kappa shape index (κ1) is 16.2. The standard InChI is InChI=1S/C13H14ClN3O2S2/c1-19-7-6-15-12-16-17-13(21-12)20-8-11(18)9-2-4-10(14)5-3-9/h2-5H,6-8H2,1H3,(H,15,16). The van der Waals surface area contributed by atoms with Gasteiger partial charge in [0.1, 0.15) is 0 Å². The summed E-state index contributed by atoms with van der Waals surface area (Å²) in [7, 11) is 1.64. The molecule has 0 unspecified atom stereocenters. The molecule has 8 heteroatoms. The maximum Gasteiger partial charge on any atom is 0.206 e. The Morgan fingerprint density at radius 3 is 2.86 bits per heavy atom. The zero-order valence-corrected chi connectivity index (χ0v) is 13.7. The summed E-state index contributed by atoms with van der Waals surface area (Å²) in [6.45, 7) is 1.29. The zero-order chi connectivity index (χ0) is 15.1. The number of ether oxygens (including phenoxy) is 1. The van der Waals surface area contributed by atoms with Gasteiger partial charge in [-0.05, 0) is 24.3 Å². The summed E-state index contributed by atoms with van der Waals surface area (Å²) < 4.78 is 5.70. The molecule has 112 valence electrons. The van der Waals surface area contributed by atoms with Gasteiger partial charge in [-0.1, -0.05) is 34.7 Å². The SMILES string of the molecule is COCCNc1nnc(SCC(=O)c2ccc(Cl)cc2)s1. The highest BCUT2D eigenvalue weighted by atomic mass is 35.5. The molecule has 0 aliphatic rings. The molecule has 1 heterocycles. The number of ketones is 1. The van der Waals surface area contributed by atoms with E-state index in [0.29, 0.717) is 29.5 Å². The molecule has 0 radical (unpaired) electrons. The largest absolute Gasteiger partial charge is 0.383 e. The highest BCUT2D eigenvalue weighted by Gasteiger charge is 2.10. The summed E-state index contributed by atoms with van der Waals surface area (Å²) in [6.07, 6.45) is 0. The molecule has 0 saturated heterocycles. The van der Waals surface area contributed by atoms with Gasteiger partial charge in [0.05, 0.1) is 12.4 Å². The van der Waals surface area contributed by atoms with Crippen LogP contribution in [0.5, 0.6) is 0 Å². The Balaban J connectivity index is 1.82. The second-order valence-corrected chi connectivity index (χ2v) is 6.65. The number of hydrogen-bond acceptors (Lipinski definition) is 7. The summed E-state index contributed by atoms with van der Waals surface area (Å²) in [5.41, 5.74) is 0.648. The fraction of sp³-hybridized carbons (Fsp3) is 0.308. The molecule has 2 rings (SSSR count). The van der Waals surface area contributed by atoms with E-state index in [-0.39, 0.29) is 5.78 Å². The van der Waals surface area contributed by atoms with E-state index in [1.165, 1.54) is 23.1 Å². The Kier molecular flexibility index (Phi) is 6.44. The summed E-state index contributed by atoms with van der Waals surface area (Å²) in [5.74, 6) is 0.370. The molecule has 1 N–H and O–H groups in total. The maximum atomic E-state index is 12.0. The number of methoxy groups -OCH3 is 1. The number of thioether (sulfide) groups is 1. The molecule has 5 nitrogen and oxygen atoms in total. The van der Waals surface area contributed by atoms with Crippen molar-refractivity contribution in [2.24, 2.45) is 0 Å². The minimum Gasteiger partial charge on any atom is -0.383 e. The van der Waals surface area contributed by atoms with Crippen molar-refractivity contribution in [2.45, 2.75) is 4.34 Å². The minimum atomic E-state index is 0.0424. The summed E-state index contributed by atoms with van der Waals surface area (Å²) in [4.78, 5) is 12.0.